The third kappa shape index (κ3) is 1.96. The molecule has 96 valence electrons. The molecule has 19 heavy (non-hydrogen) atoms. The van der Waals surface area contributed by atoms with Crippen molar-refractivity contribution in [2.45, 2.75) is 6.54 Å². The minimum absolute atomic E-state index is 0.508. The van der Waals surface area contributed by atoms with Gasteiger partial charge in [-0.15, -0.1) is 0 Å². The molecule has 0 unspecified atom stereocenters. The number of ether oxygens (including phenoxy) is 1. The Hall–Kier alpha value is -2.33. The van der Waals surface area contributed by atoms with Gasteiger partial charge in [0, 0.05) is 18.3 Å². The maximum atomic E-state index is 5.75. The van der Waals surface area contributed by atoms with E-state index in [9.17, 15) is 0 Å². The van der Waals surface area contributed by atoms with Crippen molar-refractivity contribution in [3.8, 4) is 17.1 Å². The standard InChI is InChI=1S/C15H15N3O/c1-19-13-6-2-4-11(8-13)15-17-10-14-12(9-16)5-3-7-18(14)15/h2-8,10H,9,16H2,1H3. The monoisotopic (exact) mass is 253 g/mol. The highest BCUT2D eigenvalue weighted by Crippen LogP contribution is 2.24. The van der Waals surface area contributed by atoms with Crippen molar-refractivity contribution in [3.05, 3.63) is 54.4 Å². The topological polar surface area (TPSA) is 52.5 Å². The highest BCUT2D eigenvalue weighted by Gasteiger charge is 2.09. The molecule has 0 atom stereocenters. The number of nitrogens with zero attached hydrogens (tertiary/aromatic N) is 2. The second kappa shape index (κ2) is 4.74. The van der Waals surface area contributed by atoms with Gasteiger partial charge in [0.15, 0.2) is 0 Å². The smallest absolute Gasteiger partial charge is 0.144 e. The average Bonchev–Trinajstić information content (AvgIpc) is 2.91. The van der Waals surface area contributed by atoms with Gasteiger partial charge in [-0.3, -0.25) is 4.40 Å². The van der Waals surface area contributed by atoms with Crippen LogP contribution in [0.4, 0.5) is 0 Å². The zero-order chi connectivity index (χ0) is 13.2. The van der Waals surface area contributed by atoms with Gasteiger partial charge in [0.25, 0.3) is 0 Å². The number of aromatic nitrogens is 2. The number of rotatable bonds is 3. The Morgan fingerprint density at radius 1 is 1.26 bits per heavy atom. The van der Waals surface area contributed by atoms with Gasteiger partial charge < -0.3 is 10.5 Å². The normalized spacial score (nSPS) is 10.8. The summed E-state index contributed by atoms with van der Waals surface area (Å²) in [5.74, 6) is 1.72. The summed E-state index contributed by atoms with van der Waals surface area (Å²) in [6.45, 7) is 0.508. The van der Waals surface area contributed by atoms with E-state index in [4.69, 9.17) is 10.5 Å². The minimum Gasteiger partial charge on any atom is -0.497 e. The molecule has 4 heteroatoms. The fourth-order valence-electron chi connectivity index (χ4n) is 2.23. The lowest BCUT2D eigenvalue weighted by molar-refractivity contribution is 0.415. The number of imidazole rings is 1. The maximum Gasteiger partial charge on any atom is 0.144 e. The van der Waals surface area contributed by atoms with Crippen LogP contribution in [0.2, 0.25) is 0 Å². The molecule has 2 aromatic heterocycles. The van der Waals surface area contributed by atoms with Crippen LogP contribution in [-0.2, 0) is 6.54 Å². The summed E-state index contributed by atoms with van der Waals surface area (Å²) < 4.78 is 7.31. The van der Waals surface area contributed by atoms with E-state index in [1.165, 1.54) is 0 Å². The molecule has 3 aromatic rings. The van der Waals surface area contributed by atoms with E-state index in [0.717, 1.165) is 28.2 Å². The van der Waals surface area contributed by atoms with E-state index in [2.05, 4.69) is 9.38 Å². The van der Waals surface area contributed by atoms with Gasteiger partial charge in [-0.1, -0.05) is 18.2 Å². The summed E-state index contributed by atoms with van der Waals surface area (Å²) in [4.78, 5) is 4.50. The van der Waals surface area contributed by atoms with E-state index in [1.807, 2.05) is 48.8 Å². The molecule has 2 heterocycles. The first kappa shape index (κ1) is 11.7. The first-order valence-corrected chi connectivity index (χ1v) is 6.13. The van der Waals surface area contributed by atoms with Crippen LogP contribution in [-0.4, -0.2) is 16.5 Å². The molecule has 0 radical (unpaired) electrons. The van der Waals surface area contributed by atoms with E-state index < -0.39 is 0 Å². The Labute approximate surface area is 111 Å². The Morgan fingerprint density at radius 2 is 2.16 bits per heavy atom. The third-order valence-electron chi connectivity index (χ3n) is 3.21. The number of nitrogens with two attached hydrogens (primary N) is 1. The largest absolute Gasteiger partial charge is 0.497 e. The molecule has 0 saturated carbocycles. The van der Waals surface area contributed by atoms with Gasteiger partial charge in [-0.05, 0) is 23.8 Å². The van der Waals surface area contributed by atoms with Crippen LogP contribution in [0.3, 0.4) is 0 Å². The molecule has 3 rings (SSSR count). The number of methoxy groups -OCH3 is 1. The summed E-state index contributed by atoms with van der Waals surface area (Å²) in [5, 5.41) is 0. The molecule has 0 aliphatic rings. The molecule has 2 N–H and O–H groups in total. The van der Waals surface area contributed by atoms with Gasteiger partial charge in [0.05, 0.1) is 18.8 Å². The summed E-state index contributed by atoms with van der Waals surface area (Å²) in [7, 11) is 1.66. The van der Waals surface area contributed by atoms with Crippen LogP contribution in [0.1, 0.15) is 5.56 Å². The van der Waals surface area contributed by atoms with Crippen molar-refractivity contribution in [1.29, 1.82) is 0 Å². The number of hydrogen-bond donors (Lipinski definition) is 1. The van der Waals surface area contributed by atoms with Crippen LogP contribution in [0.5, 0.6) is 5.75 Å². The molecule has 0 aliphatic heterocycles. The van der Waals surface area contributed by atoms with E-state index >= 15 is 0 Å². The summed E-state index contributed by atoms with van der Waals surface area (Å²) in [5.41, 5.74) is 8.90. The second-order valence-corrected chi connectivity index (χ2v) is 4.31. The molecule has 4 nitrogen and oxygen atoms in total. The maximum absolute atomic E-state index is 5.75. The van der Waals surface area contributed by atoms with Crippen molar-refractivity contribution >= 4 is 5.52 Å². The number of fused-ring (bicyclic) bond motifs is 1. The van der Waals surface area contributed by atoms with Crippen LogP contribution < -0.4 is 10.5 Å². The van der Waals surface area contributed by atoms with Crippen molar-refractivity contribution in [2.75, 3.05) is 7.11 Å². The minimum atomic E-state index is 0.508. The highest BCUT2D eigenvalue weighted by molar-refractivity contribution is 5.66. The molecular formula is C15H15N3O. The average molecular weight is 253 g/mol. The Morgan fingerprint density at radius 3 is 2.95 bits per heavy atom. The molecule has 0 fully saturated rings. The molecule has 0 spiro atoms. The first-order valence-electron chi connectivity index (χ1n) is 6.13. The fraction of sp³-hybridized carbons (Fsp3) is 0.133. The lowest BCUT2D eigenvalue weighted by atomic mass is 10.2. The third-order valence-corrected chi connectivity index (χ3v) is 3.21. The fourth-order valence-corrected chi connectivity index (χ4v) is 2.23. The quantitative estimate of drug-likeness (QED) is 0.780. The van der Waals surface area contributed by atoms with E-state index in [0.29, 0.717) is 6.54 Å². The van der Waals surface area contributed by atoms with Gasteiger partial charge in [0.1, 0.15) is 11.6 Å². The molecule has 0 bridgehead atoms. The van der Waals surface area contributed by atoms with E-state index in [-0.39, 0.29) is 0 Å². The molecule has 0 aliphatic carbocycles. The van der Waals surface area contributed by atoms with Crippen LogP contribution in [0.15, 0.2) is 48.8 Å². The highest BCUT2D eigenvalue weighted by atomic mass is 16.5. The predicted octanol–water partition coefficient (Wildman–Crippen LogP) is 2.47. The summed E-state index contributed by atoms with van der Waals surface area (Å²) >= 11 is 0. The lowest BCUT2D eigenvalue weighted by Gasteiger charge is -2.05. The first-order chi connectivity index (χ1) is 9.33. The van der Waals surface area contributed by atoms with Gasteiger partial charge in [-0.2, -0.15) is 0 Å². The second-order valence-electron chi connectivity index (χ2n) is 4.31. The Bertz CT molecular complexity index is 718. The number of hydrogen-bond acceptors (Lipinski definition) is 3. The SMILES string of the molecule is COc1cccc(-c2ncc3c(CN)cccn23)c1. The zero-order valence-corrected chi connectivity index (χ0v) is 10.7. The van der Waals surface area contributed by atoms with Crippen LogP contribution in [0, 0.1) is 0 Å². The number of pyridine rings is 1. The van der Waals surface area contributed by atoms with E-state index in [1.54, 1.807) is 7.11 Å². The van der Waals surface area contributed by atoms with Gasteiger partial charge >= 0.3 is 0 Å². The zero-order valence-electron chi connectivity index (χ0n) is 10.7. The van der Waals surface area contributed by atoms with Gasteiger partial charge in [-0.25, -0.2) is 4.98 Å². The molecular weight excluding hydrogens is 238 g/mol. The van der Waals surface area contributed by atoms with Crippen LogP contribution in [0.25, 0.3) is 16.9 Å². The van der Waals surface area contributed by atoms with Crippen LogP contribution >= 0.6 is 0 Å². The van der Waals surface area contributed by atoms with Crippen molar-refractivity contribution in [2.24, 2.45) is 5.73 Å². The van der Waals surface area contributed by atoms with Gasteiger partial charge in [0.2, 0.25) is 0 Å². The number of benzene rings is 1. The molecule has 0 saturated heterocycles. The summed E-state index contributed by atoms with van der Waals surface area (Å²) in [6.07, 6.45) is 3.85. The lowest BCUT2D eigenvalue weighted by Crippen LogP contribution is -1.99. The van der Waals surface area contributed by atoms with Crippen molar-refractivity contribution in [1.82, 2.24) is 9.38 Å². The Balaban J connectivity index is 2.20. The molecule has 1 aromatic carbocycles. The predicted molar refractivity (Wildman–Crippen MR) is 75.1 cm³/mol. The Kier molecular flexibility index (Phi) is 2.93. The summed E-state index contributed by atoms with van der Waals surface area (Å²) in [6, 6.07) is 11.9. The van der Waals surface area contributed by atoms with Crippen molar-refractivity contribution < 1.29 is 4.74 Å². The molecule has 0 amide bonds. The van der Waals surface area contributed by atoms with Crippen molar-refractivity contribution in [3.63, 3.8) is 0 Å².